The number of hydrogen-bond donors (Lipinski definition) is 1. The first kappa shape index (κ1) is 12.3. The molecule has 13 heavy (non-hydrogen) atoms. The Morgan fingerprint density at radius 2 is 2.00 bits per heavy atom. The smallest absolute Gasteiger partial charge is 0.119 e. The first-order valence-corrected chi connectivity index (χ1v) is 4.05. The summed E-state index contributed by atoms with van der Waals surface area (Å²) in [6.07, 6.45) is 0. The van der Waals surface area contributed by atoms with Crippen LogP contribution in [0.15, 0.2) is 18.2 Å². The normalized spacial score (nSPS) is 11.7. The van der Waals surface area contributed by atoms with Gasteiger partial charge in [-0.25, -0.2) is 0 Å². The van der Waals surface area contributed by atoms with Gasteiger partial charge in [0.2, 0.25) is 0 Å². The van der Waals surface area contributed by atoms with E-state index in [2.05, 4.69) is 0 Å². The van der Waals surface area contributed by atoms with Crippen LogP contribution in [-0.2, 0) is 0 Å². The Balaban J connectivity index is 0.00000144. The number of nitrogens with two attached hydrogens (primary N) is 1. The van der Waals surface area contributed by atoms with Crippen molar-refractivity contribution < 1.29 is 4.74 Å². The van der Waals surface area contributed by atoms with Gasteiger partial charge in [-0.2, -0.15) is 0 Å². The fourth-order valence-corrected chi connectivity index (χ4v) is 1.29. The summed E-state index contributed by atoms with van der Waals surface area (Å²) in [6, 6.07) is 6.04. The van der Waals surface area contributed by atoms with Crippen molar-refractivity contribution in [3.63, 3.8) is 0 Å². The predicted molar refractivity (Wildman–Crippen MR) is 57.6 cm³/mol. The molecule has 3 heteroatoms. The average molecular weight is 202 g/mol. The zero-order chi connectivity index (χ0) is 9.14. The number of aryl methyl sites for hydroxylation is 1. The van der Waals surface area contributed by atoms with Gasteiger partial charge in [0.05, 0.1) is 7.11 Å². The van der Waals surface area contributed by atoms with Crippen molar-refractivity contribution in [3.05, 3.63) is 29.3 Å². The van der Waals surface area contributed by atoms with Crippen LogP contribution in [0.1, 0.15) is 24.1 Å². The van der Waals surface area contributed by atoms with Crippen molar-refractivity contribution in [2.45, 2.75) is 19.9 Å². The van der Waals surface area contributed by atoms with Gasteiger partial charge in [-0.05, 0) is 37.1 Å². The van der Waals surface area contributed by atoms with E-state index in [1.54, 1.807) is 7.11 Å². The summed E-state index contributed by atoms with van der Waals surface area (Å²) < 4.78 is 5.09. The summed E-state index contributed by atoms with van der Waals surface area (Å²) in [5.74, 6) is 0.886. The Kier molecular flexibility index (Phi) is 4.81. The number of halogens is 1. The molecule has 1 atom stereocenters. The van der Waals surface area contributed by atoms with Crippen LogP contribution in [0.3, 0.4) is 0 Å². The van der Waals surface area contributed by atoms with Crippen LogP contribution < -0.4 is 10.5 Å². The Bertz CT molecular complexity index is 274. The third kappa shape index (κ3) is 2.90. The van der Waals surface area contributed by atoms with Gasteiger partial charge in [0.15, 0.2) is 0 Å². The van der Waals surface area contributed by atoms with Crippen molar-refractivity contribution in [1.29, 1.82) is 0 Å². The van der Waals surface area contributed by atoms with Gasteiger partial charge in [-0.3, -0.25) is 0 Å². The zero-order valence-electron chi connectivity index (χ0n) is 8.20. The highest BCUT2D eigenvalue weighted by Crippen LogP contribution is 2.20. The molecule has 0 unspecified atom stereocenters. The van der Waals surface area contributed by atoms with Gasteiger partial charge in [0, 0.05) is 6.04 Å². The fourth-order valence-electron chi connectivity index (χ4n) is 1.29. The second-order valence-corrected chi connectivity index (χ2v) is 3.01. The van der Waals surface area contributed by atoms with Gasteiger partial charge < -0.3 is 10.5 Å². The lowest BCUT2D eigenvalue weighted by Gasteiger charge is -2.10. The van der Waals surface area contributed by atoms with Crippen LogP contribution in [0.5, 0.6) is 5.75 Å². The molecule has 0 spiro atoms. The molecule has 0 aromatic heterocycles. The minimum absolute atomic E-state index is 0. The van der Waals surface area contributed by atoms with Gasteiger partial charge in [-0.1, -0.05) is 6.07 Å². The largest absolute Gasteiger partial charge is 0.497 e. The molecule has 0 saturated carbocycles. The van der Waals surface area contributed by atoms with Crippen LogP contribution in [0, 0.1) is 6.92 Å². The molecule has 0 aliphatic carbocycles. The Morgan fingerprint density at radius 1 is 1.38 bits per heavy atom. The van der Waals surface area contributed by atoms with Crippen molar-refractivity contribution >= 4 is 12.4 Å². The van der Waals surface area contributed by atoms with E-state index in [1.807, 2.05) is 32.0 Å². The van der Waals surface area contributed by atoms with Crippen molar-refractivity contribution in [1.82, 2.24) is 0 Å². The number of methoxy groups -OCH3 is 1. The zero-order valence-corrected chi connectivity index (χ0v) is 9.02. The van der Waals surface area contributed by atoms with E-state index in [9.17, 15) is 0 Å². The highest BCUT2D eigenvalue weighted by molar-refractivity contribution is 5.85. The quantitative estimate of drug-likeness (QED) is 0.798. The maximum Gasteiger partial charge on any atom is 0.119 e. The molecule has 0 fully saturated rings. The topological polar surface area (TPSA) is 35.2 Å². The summed E-state index contributed by atoms with van der Waals surface area (Å²) in [5.41, 5.74) is 8.13. The summed E-state index contributed by atoms with van der Waals surface area (Å²) in [6.45, 7) is 4.02. The Morgan fingerprint density at radius 3 is 2.38 bits per heavy atom. The fraction of sp³-hybridized carbons (Fsp3) is 0.400. The molecule has 0 bridgehead atoms. The third-order valence-corrected chi connectivity index (χ3v) is 1.97. The van der Waals surface area contributed by atoms with E-state index >= 15 is 0 Å². The van der Waals surface area contributed by atoms with Crippen LogP contribution in [-0.4, -0.2) is 7.11 Å². The summed E-state index contributed by atoms with van der Waals surface area (Å²) in [7, 11) is 1.67. The number of ether oxygens (including phenoxy) is 1. The second-order valence-electron chi connectivity index (χ2n) is 3.01. The number of rotatable bonds is 2. The molecule has 74 valence electrons. The molecule has 0 heterocycles. The molecule has 1 aromatic rings. The highest BCUT2D eigenvalue weighted by atomic mass is 35.5. The van der Waals surface area contributed by atoms with E-state index in [1.165, 1.54) is 11.1 Å². The van der Waals surface area contributed by atoms with E-state index in [0.29, 0.717) is 0 Å². The van der Waals surface area contributed by atoms with Gasteiger partial charge in [0.25, 0.3) is 0 Å². The molecule has 0 radical (unpaired) electrons. The first-order chi connectivity index (χ1) is 5.65. The lowest BCUT2D eigenvalue weighted by molar-refractivity contribution is 0.414. The minimum atomic E-state index is 0. The van der Waals surface area contributed by atoms with Crippen LogP contribution in [0.2, 0.25) is 0 Å². The van der Waals surface area contributed by atoms with Gasteiger partial charge >= 0.3 is 0 Å². The minimum Gasteiger partial charge on any atom is -0.497 e. The second kappa shape index (κ2) is 5.10. The van der Waals surface area contributed by atoms with Gasteiger partial charge in [-0.15, -0.1) is 12.4 Å². The van der Waals surface area contributed by atoms with Crippen molar-refractivity contribution in [2.75, 3.05) is 7.11 Å². The molecule has 0 amide bonds. The van der Waals surface area contributed by atoms with Crippen molar-refractivity contribution in [3.8, 4) is 5.75 Å². The standard InChI is InChI=1S/C10H15NO.ClH/c1-7-6-9(12-3)4-5-10(7)8(2)11;/h4-6,8H,11H2,1-3H3;1H/t8-;/m0./s1. The lowest BCUT2D eigenvalue weighted by Crippen LogP contribution is -2.06. The molecule has 0 saturated heterocycles. The molecule has 2 nitrogen and oxygen atoms in total. The van der Waals surface area contributed by atoms with E-state index in [0.717, 1.165) is 5.75 Å². The molecule has 1 rings (SSSR count). The third-order valence-electron chi connectivity index (χ3n) is 1.97. The monoisotopic (exact) mass is 201 g/mol. The Labute approximate surface area is 85.5 Å². The highest BCUT2D eigenvalue weighted by Gasteiger charge is 2.03. The summed E-state index contributed by atoms with van der Waals surface area (Å²) >= 11 is 0. The van der Waals surface area contributed by atoms with Crippen LogP contribution in [0.25, 0.3) is 0 Å². The SMILES string of the molecule is COc1ccc([C@H](C)N)c(C)c1.Cl. The molecule has 0 aliphatic heterocycles. The average Bonchev–Trinajstić information content (AvgIpc) is 2.03. The molecule has 0 aliphatic rings. The summed E-state index contributed by atoms with van der Waals surface area (Å²) in [4.78, 5) is 0. The Hall–Kier alpha value is -0.730. The first-order valence-electron chi connectivity index (χ1n) is 4.05. The van der Waals surface area contributed by atoms with Crippen LogP contribution >= 0.6 is 12.4 Å². The van der Waals surface area contributed by atoms with Crippen LogP contribution in [0.4, 0.5) is 0 Å². The lowest BCUT2D eigenvalue weighted by atomic mass is 10.0. The van der Waals surface area contributed by atoms with Gasteiger partial charge in [0.1, 0.15) is 5.75 Å². The van der Waals surface area contributed by atoms with E-state index in [4.69, 9.17) is 10.5 Å². The molecular weight excluding hydrogens is 186 g/mol. The van der Waals surface area contributed by atoms with E-state index in [-0.39, 0.29) is 18.4 Å². The maximum absolute atomic E-state index is 5.77. The number of benzene rings is 1. The summed E-state index contributed by atoms with van der Waals surface area (Å²) in [5, 5.41) is 0. The predicted octanol–water partition coefficient (Wildman–Crippen LogP) is 2.45. The molecule has 1 aromatic carbocycles. The molecule has 2 N–H and O–H groups in total. The maximum atomic E-state index is 5.77. The van der Waals surface area contributed by atoms with E-state index < -0.39 is 0 Å². The van der Waals surface area contributed by atoms with Crippen molar-refractivity contribution in [2.24, 2.45) is 5.73 Å². The molecular formula is C10H16ClNO. The number of hydrogen-bond acceptors (Lipinski definition) is 2.